The van der Waals surface area contributed by atoms with Gasteiger partial charge in [0.15, 0.2) is 6.61 Å². The van der Waals surface area contributed by atoms with Crippen molar-refractivity contribution in [1.82, 2.24) is 9.97 Å². The fraction of sp³-hybridized carbons (Fsp3) is 0.118. The zero-order valence-corrected chi connectivity index (χ0v) is 13.2. The van der Waals surface area contributed by atoms with Crippen LogP contribution in [0.3, 0.4) is 0 Å². The van der Waals surface area contributed by atoms with E-state index >= 15 is 0 Å². The first-order valence-electron chi connectivity index (χ1n) is 7.04. The van der Waals surface area contributed by atoms with Gasteiger partial charge in [0, 0.05) is 0 Å². The van der Waals surface area contributed by atoms with Crippen molar-refractivity contribution in [3.05, 3.63) is 59.4 Å². The van der Waals surface area contributed by atoms with Crippen LogP contribution in [0.15, 0.2) is 48.5 Å². The van der Waals surface area contributed by atoms with Crippen LogP contribution in [-0.4, -0.2) is 22.5 Å². The maximum atomic E-state index is 12.0. The smallest absolute Gasteiger partial charge is 0.262 e. The van der Waals surface area contributed by atoms with Crippen molar-refractivity contribution in [2.45, 2.75) is 6.92 Å². The average Bonchev–Trinajstić information content (AvgIpc) is 2.54. The van der Waals surface area contributed by atoms with Gasteiger partial charge in [-0.3, -0.25) is 4.79 Å². The second-order valence-electron chi connectivity index (χ2n) is 4.91. The van der Waals surface area contributed by atoms with Gasteiger partial charge in [-0.1, -0.05) is 35.9 Å². The molecule has 0 radical (unpaired) electrons. The minimum atomic E-state index is -0.307. The molecule has 0 aliphatic carbocycles. The SMILES string of the molecule is Cc1nc(OCC(=O)Nc2ccccc2Cl)c2ccccc2n1. The van der Waals surface area contributed by atoms with E-state index in [2.05, 4.69) is 15.3 Å². The predicted octanol–water partition coefficient (Wildman–Crippen LogP) is 3.61. The molecule has 1 heterocycles. The highest BCUT2D eigenvalue weighted by Gasteiger charge is 2.10. The van der Waals surface area contributed by atoms with E-state index in [9.17, 15) is 4.79 Å². The largest absolute Gasteiger partial charge is 0.467 e. The van der Waals surface area contributed by atoms with E-state index in [0.717, 1.165) is 10.9 Å². The summed E-state index contributed by atoms with van der Waals surface area (Å²) in [7, 11) is 0. The molecule has 6 heteroatoms. The third kappa shape index (κ3) is 3.57. The lowest BCUT2D eigenvalue weighted by atomic mass is 10.2. The molecule has 3 rings (SSSR count). The Morgan fingerprint density at radius 1 is 1.13 bits per heavy atom. The first kappa shape index (κ1) is 15.2. The van der Waals surface area contributed by atoms with Crippen LogP contribution in [0.1, 0.15) is 5.82 Å². The molecule has 116 valence electrons. The number of hydrogen-bond acceptors (Lipinski definition) is 4. The number of aromatic nitrogens is 2. The van der Waals surface area contributed by atoms with Crippen LogP contribution in [0.5, 0.6) is 5.88 Å². The third-order valence-corrected chi connectivity index (χ3v) is 3.50. The molecular weight excluding hydrogens is 314 g/mol. The van der Waals surface area contributed by atoms with Crippen molar-refractivity contribution >= 4 is 34.1 Å². The molecule has 0 atom stereocenters. The lowest BCUT2D eigenvalue weighted by Crippen LogP contribution is -2.20. The third-order valence-electron chi connectivity index (χ3n) is 3.17. The Kier molecular flexibility index (Phi) is 4.39. The van der Waals surface area contributed by atoms with Gasteiger partial charge in [-0.15, -0.1) is 0 Å². The number of ether oxygens (including phenoxy) is 1. The number of carbonyl (C=O) groups is 1. The Morgan fingerprint density at radius 3 is 2.70 bits per heavy atom. The summed E-state index contributed by atoms with van der Waals surface area (Å²) in [4.78, 5) is 20.6. The van der Waals surface area contributed by atoms with Crippen molar-refractivity contribution in [3.63, 3.8) is 0 Å². The van der Waals surface area contributed by atoms with E-state index < -0.39 is 0 Å². The van der Waals surface area contributed by atoms with Crippen LogP contribution in [0, 0.1) is 6.92 Å². The molecule has 1 N–H and O–H groups in total. The highest BCUT2D eigenvalue weighted by atomic mass is 35.5. The molecule has 1 amide bonds. The summed E-state index contributed by atoms with van der Waals surface area (Å²) >= 11 is 6.01. The zero-order valence-electron chi connectivity index (χ0n) is 12.4. The molecule has 23 heavy (non-hydrogen) atoms. The molecule has 0 spiro atoms. The summed E-state index contributed by atoms with van der Waals surface area (Å²) in [6.45, 7) is 1.62. The van der Waals surface area contributed by atoms with Gasteiger partial charge in [0.05, 0.1) is 21.6 Å². The fourth-order valence-electron chi connectivity index (χ4n) is 2.15. The molecule has 0 aliphatic rings. The fourth-order valence-corrected chi connectivity index (χ4v) is 2.33. The number of nitrogens with zero attached hydrogens (tertiary/aromatic N) is 2. The monoisotopic (exact) mass is 327 g/mol. The minimum Gasteiger partial charge on any atom is -0.467 e. The summed E-state index contributed by atoms with van der Waals surface area (Å²) < 4.78 is 5.57. The number of carbonyl (C=O) groups excluding carboxylic acids is 1. The molecule has 5 nitrogen and oxygen atoms in total. The molecule has 0 unspecified atom stereocenters. The van der Waals surface area contributed by atoms with Crippen LogP contribution >= 0.6 is 11.6 Å². The number of fused-ring (bicyclic) bond motifs is 1. The Labute approximate surface area is 138 Å². The van der Waals surface area contributed by atoms with Gasteiger partial charge < -0.3 is 10.1 Å². The van der Waals surface area contributed by atoms with Crippen LogP contribution in [-0.2, 0) is 4.79 Å². The van der Waals surface area contributed by atoms with Crippen LogP contribution in [0.25, 0.3) is 10.9 Å². The summed E-state index contributed by atoms with van der Waals surface area (Å²) in [6.07, 6.45) is 0. The molecule has 0 saturated heterocycles. The Morgan fingerprint density at radius 2 is 1.87 bits per heavy atom. The summed E-state index contributed by atoms with van der Waals surface area (Å²) in [5.41, 5.74) is 1.33. The predicted molar refractivity (Wildman–Crippen MR) is 89.9 cm³/mol. The van der Waals surface area contributed by atoms with E-state index in [4.69, 9.17) is 16.3 Å². The lowest BCUT2D eigenvalue weighted by Gasteiger charge is -2.10. The van der Waals surface area contributed by atoms with E-state index in [1.807, 2.05) is 24.3 Å². The van der Waals surface area contributed by atoms with E-state index in [1.165, 1.54) is 0 Å². The van der Waals surface area contributed by atoms with Gasteiger partial charge in [-0.2, -0.15) is 4.98 Å². The Bertz CT molecular complexity index is 867. The molecule has 0 aliphatic heterocycles. The standard InChI is InChI=1S/C17H14ClN3O2/c1-11-19-14-8-4-2-6-12(14)17(20-11)23-10-16(22)21-15-9-5-3-7-13(15)18/h2-9H,10H2,1H3,(H,21,22). The summed E-state index contributed by atoms with van der Waals surface area (Å²) in [5, 5.41) is 3.95. The number of aryl methyl sites for hydroxylation is 1. The van der Waals surface area contributed by atoms with Gasteiger partial charge in [-0.05, 0) is 31.2 Å². The quantitative estimate of drug-likeness (QED) is 0.795. The van der Waals surface area contributed by atoms with Gasteiger partial charge in [0.1, 0.15) is 5.82 Å². The molecule has 3 aromatic rings. The highest BCUT2D eigenvalue weighted by molar-refractivity contribution is 6.33. The number of para-hydroxylation sites is 2. The summed E-state index contributed by atoms with van der Waals surface area (Å²) in [5.74, 6) is 0.672. The van der Waals surface area contributed by atoms with Gasteiger partial charge >= 0.3 is 0 Å². The average molecular weight is 328 g/mol. The number of rotatable bonds is 4. The molecule has 0 saturated carbocycles. The van der Waals surface area contributed by atoms with Gasteiger partial charge in [0.2, 0.25) is 5.88 Å². The molecular formula is C17H14ClN3O2. The first-order valence-corrected chi connectivity index (χ1v) is 7.42. The second-order valence-corrected chi connectivity index (χ2v) is 5.32. The molecule has 0 fully saturated rings. The number of nitrogens with one attached hydrogen (secondary N) is 1. The molecule has 0 bridgehead atoms. The maximum Gasteiger partial charge on any atom is 0.262 e. The highest BCUT2D eigenvalue weighted by Crippen LogP contribution is 2.23. The Balaban J connectivity index is 1.73. The minimum absolute atomic E-state index is 0.161. The van der Waals surface area contributed by atoms with Crippen molar-refractivity contribution in [2.24, 2.45) is 0 Å². The summed E-state index contributed by atoms with van der Waals surface area (Å²) in [6, 6.07) is 14.5. The topological polar surface area (TPSA) is 64.1 Å². The van der Waals surface area contributed by atoms with Crippen molar-refractivity contribution in [2.75, 3.05) is 11.9 Å². The van der Waals surface area contributed by atoms with Gasteiger partial charge in [0.25, 0.3) is 5.91 Å². The van der Waals surface area contributed by atoms with E-state index in [0.29, 0.717) is 22.4 Å². The van der Waals surface area contributed by atoms with Crippen molar-refractivity contribution in [3.8, 4) is 5.88 Å². The van der Waals surface area contributed by atoms with E-state index in [-0.39, 0.29) is 12.5 Å². The van der Waals surface area contributed by atoms with Crippen LogP contribution < -0.4 is 10.1 Å². The number of anilines is 1. The number of hydrogen-bond donors (Lipinski definition) is 1. The Hall–Kier alpha value is -2.66. The number of benzene rings is 2. The van der Waals surface area contributed by atoms with Crippen molar-refractivity contribution in [1.29, 1.82) is 0 Å². The maximum absolute atomic E-state index is 12.0. The normalized spacial score (nSPS) is 10.5. The van der Waals surface area contributed by atoms with E-state index in [1.54, 1.807) is 31.2 Å². The molecule has 1 aromatic heterocycles. The van der Waals surface area contributed by atoms with Gasteiger partial charge in [-0.25, -0.2) is 4.98 Å². The number of amides is 1. The van der Waals surface area contributed by atoms with Crippen LogP contribution in [0.2, 0.25) is 5.02 Å². The second kappa shape index (κ2) is 6.62. The lowest BCUT2D eigenvalue weighted by molar-refractivity contribution is -0.118. The zero-order chi connectivity index (χ0) is 16.2. The van der Waals surface area contributed by atoms with Crippen molar-refractivity contribution < 1.29 is 9.53 Å². The van der Waals surface area contributed by atoms with Crippen LogP contribution in [0.4, 0.5) is 5.69 Å². The molecule has 2 aromatic carbocycles. The first-order chi connectivity index (χ1) is 11.1. The number of halogens is 1.